The maximum atomic E-state index is 11.7. The number of aromatic amines is 1. The topological polar surface area (TPSA) is 116 Å². The molecule has 0 amide bonds. The van der Waals surface area contributed by atoms with Gasteiger partial charge in [-0.3, -0.25) is 14.4 Å². The van der Waals surface area contributed by atoms with Gasteiger partial charge in [0.15, 0.2) is 0 Å². The van der Waals surface area contributed by atoms with Gasteiger partial charge in [0.05, 0.1) is 46.7 Å². The van der Waals surface area contributed by atoms with Crippen molar-refractivity contribution in [3.8, 4) is 0 Å². The van der Waals surface area contributed by atoms with E-state index in [-0.39, 0.29) is 43.2 Å². The van der Waals surface area contributed by atoms with Crippen molar-refractivity contribution in [1.82, 2.24) is 29.8 Å². The average Bonchev–Trinajstić information content (AvgIpc) is 2.70. The lowest BCUT2D eigenvalue weighted by Crippen LogP contribution is -2.30. The molecule has 0 spiro atoms. The Kier molecular flexibility index (Phi) is 8.50. The Hall–Kier alpha value is -1.62. The highest BCUT2D eigenvalue weighted by molar-refractivity contribution is 6.42. The summed E-state index contributed by atoms with van der Waals surface area (Å²) in [4.78, 5) is 34.0. The molecule has 0 aliphatic carbocycles. The zero-order valence-corrected chi connectivity index (χ0v) is 18.4. The number of H-pyrrole nitrogens is 1. The van der Waals surface area contributed by atoms with E-state index in [1.165, 1.54) is 18.6 Å². The Bertz CT molecular complexity index is 1140. The van der Waals surface area contributed by atoms with Crippen molar-refractivity contribution in [1.29, 1.82) is 0 Å². The van der Waals surface area contributed by atoms with Crippen molar-refractivity contribution >= 4 is 69.6 Å². The van der Waals surface area contributed by atoms with Gasteiger partial charge in [0.1, 0.15) is 15.1 Å². The van der Waals surface area contributed by atoms with E-state index in [0.29, 0.717) is 0 Å². The van der Waals surface area contributed by atoms with E-state index in [4.69, 9.17) is 69.6 Å². The molecule has 0 saturated heterocycles. The van der Waals surface area contributed by atoms with Gasteiger partial charge >= 0.3 is 0 Å². The van der Waals surface area contributed by atoms with Gasteiger partial charge in [-0.2, -0.15) is 15.3 Å². The first-order chi connectivity index (χ1) is 13.6. The van der Waals surface area contributed by atoms with Crippen LogP contribution in [0, 0.1) is 0 Å². The van der Waals surface area contributed by atoms with E-state index in [9.17, 15) is 14.4 Å². The number of halogens is 6. The number of rotatable bonds is 3. The van der Waals surface area contributed by atoms with Crippen LogP contribution in [0.15, 0.2) is 33.0 Å². The summed E-state index contributed by atoms with van der Waals surface area (Å²) in [6.45, 7) is 0.168. The van der Waals surface area contributed by atoms with Crippen molar-refractivity contribution in [2.45, 2.75) is 13.1 Å². The first kappa shape index (κ1) is 23.7. The molecule has 15 heteroatoms. The highest BCUT2D eigenvalue weighted by Crippen LogP contribution is 2.15. The highest BCUT2D eigenvalue weighted by atomic mass is 35.5. The molecule has 0 aliphatic rings. The van der Waals surface area contributed by atoms with Crippen LogP contribution in [0.4, 0.5) is 0 Å². The Labute approximate surface area is 191 Å². The third kappa shape index (κ3) is 5.94. The van der Waals surface area contributed by atoms with Gasteiger partial charge < -0.3 is 0 Å². The number of nitrogens with one attached hydrogen (secondary N) is 1. The van der Waals surface area contributed by atoms with Crippen molar-refractivity contribution in [2.75, 3.05) is 0 Å². The predicted molar refractivity (Wildman–Crippen MR) is 112 cm³/mol. The van der Waals surface area contributed by atoms with E-state index in [1.54, 1.807) is 0 Å². The largest absolute Gasteiger partial charge is 0.287 e. The Morgan fingerprint density at radius 2 is 1.10 bits per heavy atom. The van der Waals surface area contributed by atoms with Crippen LogP contribution >= 0.6 is 69.6 Å². The Balaban J connectivity index is 0.000000278. The molecule has 3 heterocycles. The quantitative estimate of drug-likeness (QED) is 0.567. The third-order valence-electron chi connectivity index (χ3n) is 3.16. The summed E-state index contributed by atoms with van der Waals surface area (Å²) in [5.41, 5.74) is -1.57. The summed E-state index contributed by atoms with van der Waals surface area (Å²) in [5.74, 6) is 0. The second kappa shape index (κ2) is 10.4. The van der Waals surface area contributed by atoms with E-state index >= 15 is 0 Å². The van der Waals surface area contributed by atoms with Crippen LogP contribution in [0.5, 0.6) is 0 Å². The maximum Gasteiger partial charge on any atom is 0.287 e. The number of hydrogen-bond donors (Lipinski definition) is 1. The molecule has 1 N–H and O–H groups in total. The molecule has 3 aromatic heterocycles. The number of aromatic nitrogens is 6. The molecule has 0 fully saturated rings. The minimum Gasteiger partial charge on any atom is -0.266 e. The van der Waals surface area contributed by atoms with Gasteiger partial charge in [0.2, 0.25) is 0 Å². The molecule has 0 aliphatic heterocycles. The maximum absolute atomic E-state index is 11.7. The molecular weight excluding hydrogens is 513 g/mol. The Morgan fingerprint density at radius 1 is 0.690 bits per heavy atom. The zero-order chi connectivity index (χ0) is 21.7. The van der Waals surface area contributed by atoms with Crippen molar-refractivity contribution in [3.63, 3.8) is 0 Å². The van der Waals surface area contributed by atoms with Gasteiger partial charge in [-0.05, 0) is 0 Å². The van der Waals surface area contributed by atoms with Crippen LogP contribution in [0.3, 0.4) is 0 Å². The summed E-state index contributed by atoms with van der Waals surface area (Å²) < 4.78 is 2.15. The molecule has 154 valence electrons. The second-order valence-electron chi connectivity index (χ2n) is 5.03. The van der Waals surface area contributed by atoms with Crippen LogP contribution in [0.2, 0.25) is 30.1 Å². The minimum absolute atomic E-state index is 0.0216. The van der Waals surface area contributed by atoms with Crippen molar-refractivity contribution in [2.24, 2.45) is 0 Å². The van der Waals surface area contributed by atoms with E-state index in [2.05, 4.69) is 20.4 Å². The fourth-order valence-electron chi connectivity index (χ4n) is 1.76. The zero-order valence-electron chi connectivity index (χ0n) is 13.9. The highest BCUT2D eigenvalue weighted by Gasteiger charge is 2.10. The summed E-state index contributed by atoms with van der Waals surface area (Å²) in [6, 6.07) is 0. The predicted octanol–water partition coefficient (Wildman–Crippen LogP) is 3.19. The van der Waals surface area contributed by atoms with Gasteiger partial charge in [0.25, 0.3) is 16.7 Å². The van der Waals surface area contributed by atoms with Gasteiger partial charge in [0, 0.05) is 0 Å². The molecule has 0 atom stereocenters. The third-order valence-corrected chi connectivity index (χ3v) is 5.42. The van der Waals surface area contributed by atoms with E-state index in [0.717, 1.165) is 9.36 Å². The molecule has 0 radical (unpaired) electrons. The molecule has 0 aromatic carbocycles. The normalized spacial score (nSPS) is 10.4. The molecule has 0 unspecified atom stereocenters. The molecule has 3 rings (SSSR count). The smallest absolute Gasteiger partial charge is 0.266 e. The second-order valence-corrected chi connectivity index (χ2v) is 7.39. The summed E-state index contributed by atoms with van der Waals surface area (Å²) in [7, 11) is 0. The monoisotopic (exact) mass is 518 g/mol. The molecule has 0 bridgehead atoms. The van der Waals surface area contributed by atoms with Crippen LogP contribution in [0.25, 0.3) is 0 Å². The SMILES string of the molecule is O=c1[nH]ncc(Cl)c1Cl.O=c1c(Cl)c(Cl)cnn1CCn1ncc(Cl)c(Cl)c1=O. The van der Waals surface area contributed by atoms with Gasteiger partial charge in [-0.25, -0.2) is 14.5 Å². The van der Waals surface area contributed by atoms with Crippen LogP contribution < -0.4 is 16.7 Å². The van der Waals surface area contributed by atoms with E-state index < -0.39 is 16.7 Å². The van der Waals surface area contributed by atoms with Crippen LogP contribution in [-0.4, -0.2) is 29.8 Å². The van der Waals surface area contributed by atoms with Crippen molar-refractivity contribution in [3.05, 3.63) is 79.8 Å². The lowest BCUT2D eigenvalue weighted by atomic mass is 10.5. The first-order valence-corrected chi connectivity index (χ1v) is 9.61. The van der Waals surface area contributed by atoms with E-state index in [1.807, 2.05) is 0 Å². The summed E-state index contributed by atoms with van der Waals surface area (Å²) >= 11 is 33.5. The lowest BCUT2D eigenvalue weighted by Gasteiger charge is -2.07. The van der Waals surface area contributed by atoms with Crippen molar-refractivity contribution < 1.29 is 0 Å². The molecule has 3 aromatic rings. The van der Waals surface area contributed by atoms with Crippen LogP contribution in [-0.2, 0) is 13.1 Å². The molecule has 9 nitrogen and oxygen atoms in total. The minimum atomic E-state index is -0.549. The summed E-state index contributed by atoms with van der Waals surface area (Å²) in [5, 5.41) is 13.1. The van der Waals surface area contributed by atoms with Gasteiger partial charge in [-0.1, -0.05) is 69.6 Å². The fourth-order valence-corrected chi connectivity index (χ4v) is 2.53. The number of nitrogens with zero attached hydrogens (tertiary/aromatic N) is 5. The van der Waals surface area contributed by atoms with Gasteiger partial charge in [-0.15, -0.1) is 0 Å². The molecule has 0 saturated carbocycles. The standard InChI is InChI=1S/C10H6Cl4N4O2.C4H2Cl2N2O/c11-5-3-15-17(9(19)7(5)13)1-2-18-10(20)8(14)6(12)4-16-18;5-2-1-7-8-4(9)3(2)6/h3-4H,1-2H2;1H,(H,8,9). The first-order valence-electron chi connectivity index (χ1n) is 7.34. The molecular formula is C14H8Cl6N6O3. The number of hydrogen-bond acceptors (Lipinski definition) is 6. The number of aryl methyl sites for hydroxylation is 2. The van der Waals surface area contributed by atoms with Crippen LogP contribution in [0.1, 0.15) is 0 Å². The average molecular weight is 521 g/mol. The lowest BCUT2D eigenvalue weighted by molar-refractivity contribution is 0.467. The molecule has 29 heavy (non-hydrogen) atoms. The summed E-state index contributed by atoms with van der Waals surface area (Å²) in [6.07, 6.45) is 3.76. The fraction of sp³-hybridized carbons (Fsp3) is 0.143. The Morgan fingerprint density at radius 3 is 1.48 bits per heavy atom.